The number of aromatic nitrogens is 2. The van der Waals surface area contributed by atoms with Crippen molar-refractivity contribution in [2.75, 3.05) is 11.9 Å². The molecule has 3 amide bonds. The molecule has 4 N–H and O–H groups in total. The highest BCUT2D eigenvalue weighted by molar-refractivity contribution is 6.02. The quantitative estimate of drug-likeness (QED) is 0.361. The highest BCUT2D eigenvalue weighted by Gasteiger charge is 2.29. The van der Waals surface area contributed by atoms with E-state index in [1.165, 1.54) is 35.0 Å². The third-order valence-electron chi connectivity index (χ3n) is 5.61. The Morgan fingerprint density at radius 1 is 1.37 bits per heavy atom. The molecule has 0 aliphatic carbocycles. The lowest BCUT2D eigenvalue weighted by Crippen LogP contribution is -2.42. The molecule has 0 aromatic carbocycles. The maximum atomic E-state index is 13.1. The summed E-state index contributed by atoms with van der Waals surface area (Å²) in [4.78, 5) is 61.5. The first kappa shape index (κ1) is 25.4. The maximum Gasteiger partial charge on any atom is 0.328 e. The normalized spacial score (nSPS) is 17.1. The van der Waals surface area contributed by atoms with Crippen LogP contribution in [0, 0.1) is 12.8 Å². The fraction of sp³-hybridized carbons (Fsp3) is 0.391. The van der Waals surface area contributed by atoms with Gasteiger partial charge in [0.15, 0.2) is 5.69 Å². The minimum Gasteiger partial charge on any atom is -0.478 e. The molecule has 12 heteroatoms. The first-order chi connectivity index (χ1) is 16.7. The summed E-state index contributed by atoms with van der Waals surface area (Å²) in [5.41, 5.74) is -0.642. The van der Waals surface area contributed by atoms with Crippen LogP contribution < -0.4 is 21.5 Å². The molecule has 0 spiro atoms. The largest absolute Gasteiger partial charge is 0.478 e. The zero-order valence-corrected chi connectivity index (χ0v) is 19.3. The van der Waals surface area contributed by atoms with Crippen molar-refractivity contribution in [3.05, 3.63) is 58.4 Å². The van der Waals surface area contributed by atoms with E-state index in [4.69, 9.17) is 9.63 Å². The van der Waals surface area contributed by atoms with Crippen LogP contribution in [-0.4, -0.2) is 51.1 Å². The summed E-state index contributed by atoms with van der Waals surface area (Å²) >= 11 is 0. The molecule has 0 radical (unpaired) electrons. The van der Waals surface area contributed by atoms with Crippen LogP contribution in [0.5, 0.6) is 0 Å². The minimum atomic E-state index is -1.19. The lowest BCUT2D eigenvalue weighted by Gasteiger charge is -2.23. The molecule has 0 saturated carbocycles. The zero-order valence-electron chi connectivity index (χ0n) is 19.3. The molecule has 1 aliphatic rings. The Morgan fingerprint density at radius 2 is 2.14 bits per heavy atom. The van der Waals surface area contributed by atoms with Crippen LogP contribution in [0.3, 0.4) is 0 Å². The monoisotopic (exact) mass is 485 g/mol. The van der Waals surface area contributed by atoms with Gasteiger partial charge in [0.05, 0.1) is 0 Å². The van der Waals surface area contributed by atoms with Crippen molar-refractivity contribution in [2.45, 2.75) is 45.2 Å². The average Bonchev–Trinajstić information content (AvgIpc) is 3.43. The number of aliphatic carboxylic acids is 1. The number of carboxylic acids is 1. The number of nitrogens with one attached hydrogen (secondary N) is 3. The van der Waals surface area contributed by atoms with E-state index in [0.717, 1.165) is 6.08 Å². The Labute approximate surface area is 200 Å². The van der Waals surface area contributed by atoms with Gasteiger partial charge in [-0.1, -0.05) is 18.2 Å². The molecule has 1 aliphatic heterocycles. The third kappa shape index (κ3) is 6.43. The van der Waals surface area contributed by atoms with Crippen molar-refractivity contribution in [2.24, 2.45) is 5.92 Å². The fourth-order valence-corrected chi connectivity index (χ4v) is 3.86. The number of anilines is 1. The predicted molar refractivity (Wildman–Crippen MR) is 124 cm³/mol. The van der Waals surface area contributed by atoms with Crippen LogP contribution >= 0.6 is 0 Å². The van der Waals surface area contributed by atoms with Gasteiger partial charge in [0.1, 0.15) is 17.5 Å². The molecule has 12 nitrogen and oxygen atoms in total. The SMILES string of the molecule is CC[C@@H](C(=O)N[C@H](/C=C/C(=O)O)C[C@@H]1CCNC1=O)n1cccc(NC(=O)c2cc(C)on2)c1=O. The summed E-state index contributed by atoms with van der Waals surface area (Å²) in [6.45, 7) is 3.86. The van der Waals surface area contributed by atoms with Gasteiger partial charge in [0, 0.05) is 36.8 Å². The smallest absolute Gasteiger partial charge is 0.328 e. The van der Waals surface area contributed by atoms with Crippen LogP contribution in [0.15, 0.2) is 45.9 Å². The van der Waals surface area contributed by atoms with E-state index in [1.54, 1.807) is 13.8 Å². The second-order valence-electron chi connectivity index (χ2n) is 8.16. The zero-order chi connectivity index (χ0) is 25.5. The molecule has 2 aromatic heterocycles. The number of aryl methyl sites for hydroxylation is 1. The summed E-state index contributed by atoms with van der Waals surface area (Å²) in [7, 11) is 0. The van der Waals surface area contributed by atoms with E-state index in [-0.39, 0.29) is 36.0 Å². The standard InChI is InChI=1S/C23H27N5O7/c1-3-18(22(33)25-15(6-7-19(29)30)12-14-8-9-24-20(14)31)28-10-4-5-16(23(28)34)26-21(32)17-11-13(2)35-27-17/h4-7,10-11,14-15,18H,3,8-9,12H2,1-2H3,(H,24,31)(H,25,33)(H,26,32)(H,29,30)/b7-6+/t14-,15+,18-/m0/s1. The first-order valence-corrected chi connectivity index (χ1v) is 11.1. The Kier molecular flexibility index (Phi) is 8.18. The lowest BCUT2D eigenvalue weighted by atomic mass is 9.97. The molecule has 1 fully saturated rings. The van der Waals surface area contributed by atoms with Crippen LogP contribution in [-0.2, 0) is 14.4 Å². The molecule has 2 aromatic rings. The molecule has 3 rings (SSSR count). The number of rotatable bonds is 10. The van der Waals surface area contributed by atoms with Crippen molar-refractivity contribution in [3.63, 3.8) is 0 Å². The maximum absolute atomic E-state index is 13.1. The topological polar surface area (TPSA) is 173 Å². The summed E-state index contributed by atoms with van der Waals surface area (Å²) in [5, 5.41) is 20.6. The number of nitrogens with zero attached hydrogens (tertiary/aromatic N) is 2. The number of carbonyl (C=O) groups excluding carboxylic acids is 3. The Hall–Kier alpha value is -4.22. The van der Waals surface area contributed by atoms with E-state index in [9.17, 15) is 24.0 Å². The number of amides is 3. The summed E-state index contributed by atoms with van der Waals surface area (Å²) in [5.74, 6) is -2.42. The number of pyridine rings is 1. The Balaban J connectivity index is 1.79. The molecule has 3 heterocycles. The minimum absolute atomic E-state index is 0.00565. The number of carbonyl (C=O) groups is 4. The van der Waals surface area contributed by atoms with E-state index < -0.39 is 35.4 Å². The second-order valence-corrected chi connectivity index (χ2v) is 8.16. The second kappa shape index (κ2) is 11.3. The van der Waals surface area contributed by atoms with E-state index in [2.05, 4.69) is 21.1 Å². The van der Waals surface area contributed by atoms with Crippen molar-refractivity contribution < 1.29 is 28.8 Å². The van der Waals surface area contributed by atoms with Gasteiger partial charge in [0.2, 0.25) is 11.8 Å². The highest BCUT2D eigenvalue weighted by atomic mass is 16.5. The lowest BCUT2D eigenvalue weighted by molar-refractivity contribution is -0.131. The summed E-state index contributed by atoms with van der Waals surface area (Å²) in [6, 6.07) is 2.69. The molecule has 3 atom stereocenters. The van der Waals surface area contributed by atoms with Crippen LogP contribution in [0.2, 0.25) is 0 Å². The first-order valence-electron chi connectivity index (χ1n) is 11.1. The van der Waals surface area contributed by atoms with E-state index in [0.29, 0.717) is 18.7 Å². The Morgan fingerprint density at radius 3 is 2.74 bits per heavy atom. The number of hydrogen-bond acceptors (Lipinski definition) is 7. The average molecular weight is 485 g/mol. The molecule has 186 valence electrons. The van der Waals surface area contributed by atoms with Gasteiger partial charge in [-0.3, -0.25) is 19.2 Å². The number of carboxylic acid groups (broad SMARTS) is 1. The van der Waals surface area contributed by atoms with Gasteiger partial charge in [-0.15, -0.1) is 0 Å². The molecular formula is C23H27N5O7. The van der Waals surface area contributed by atoms with Crippen molar-refractivity contribution in [1.82, 2.24) is 20.4 Å². The highest BCUT2D eigenvalue weighted by Crippen LogP contribution is 2.18. The van der Waals surface area contributed by atoms with Gasteiger partial charge >= 0.3 is 5.97 Å². The molecule has 1 saturated heterocycles. The van der Waals surface area contributed by atoms with Crippen LogP contribution in [0.25, 0.3) is 0 Å². The van der Waals surface area contributed by atoms with E-state index in [1.807, 2.05) is 0 Å². The van der Waals surface area contributed by atoms with Crippen molar-refractivity contribution in [1.29, 1.82) is 0 Å². The fourth-order valence-electron chi connectivity index (χ4n) is 3.86. The molecule has 0 unspecified atom stereocenters. The van der Waals surface area contributed by atoms with Crippen molar-refractivity contribution >= 4 is 29.4 Å². The predicted octanol–water partition coefficient (Wildman–Crippen LogP) is 1.000. The molecule has 35 heavy (non-hydrogen) atoms. The Bertz CT molecular complexity index is 1200. The van der Waals surface area contributed by atoms with Crippen molar-refractivity contribution in [3.8, 4) is 0 Å². The van der Waals surface area contributed by atoms with Crippen LogP contribution in [0.4, 0.5) is 5.69 Å². The van der Waals surface area contributed by atoms with Gasteiger partial charge < -0.3 is 30.1 Å². The van der Waals surface area contributed by atoms with Gasteiger partial charge in [-0.25, -0.2) is 4.79 Å². The van der Waals surface area contributed by atoms with Crippen LogP contribution in [0.1, 0.15) is 48.5 Å². The van der Waals surface area contributed by atoms with E-state index >= 15 is 0 Å². The van der Waals surface area contributed by atoms with Gasteiger partial charge in [-0.2, -0.15) is 0 Å². The molecule has 0 bridgehead atoms. The third-order valence-corrected chi connectivity index (χ3v) is 5.61. The molecular weight excluding hydrogens is 458 g/mol. The summed E-state index contributed by atoms with van der Waals surface area (Å²) < 4.78 is 6.07. The van der Waals surface area contributed by atoms with Gasteiger partial charge in [0.25, 0.3) is 11.5 Å². The number of hydrogen-bond donors (Lipinski definition) is 4. The summed E-state index contributed by atoms with van der Waals surface area (Å²) in [6.07, 6.45) is 4.70. The van der Waals surface area contributed by atoms with Gasteiger partial charge in [-0.05, 0) is 38.3 Å².